The molecule has 1 aliphatic heterocycles. The van der Waals surface area contributed by atoms with Crippen molar-refractivity contribution in [3.05, 3.63) is 52.1 Å². The summed E-state index contributed by atoms with van der Waals surface area (Å²) >= 11 is 1.45. The van der Waals surface area contributed by atoms with Crippen molar-refractivity contribution < 1.29 is 14.4 Å². The fourth-order valence-electron chi connectivity index (χ4n) is 2.29. The summed E-state index contributed by atoms with van der Waals surface area (Å²) in [6.45, 7) is 0.0526. The topological polar surface area (TPSA) is 98.9 Å². The zero-order valence-electron chi connectivity index (χ0n) is 12.1. The first kappa shape index (κ1) is 14.4. The van der Waals surface area contributed by atoms with Gasteiger partial charge in [0.15, 0.2) is 11.5 Å². The van der Waals surface area contributed by atoms with Gasteiger partial charge in [-0.2, -0.15) is 5.10 Å². The van der Waals surface area contributed by atoms with Crippen molar-refractivity contribution in [3.8, 4) is 11.5 Å². The van der Waals surface area contributed by atoms with Crippen molar-refractivity contribution >= 4 is 38.6 Å². The monoisotopic (exact) mass is 342 g/mol. The number of benzene rings is 2. The first-order valence-electron chi connectivity index (χ1n) is 6.93. The summed E-state index contributed by atoms with van der Waals surface area (Å²) in [5.41, 5.74) is 3.88. The van der Waals surface area contributed by atoms with Crippen molar-refractivity contribution in [1.82, 2.24) is 4.98 Å². The molecule has 2 heterocycles. The Morgan fingerprint density at radius 2 is 2.08 bits per heavy atom. The minimum atomic E-state index is -0.485. The fraction of sp³-hybridized carbons (Fsp3) is 0.0667. The summed E-state index contributed by atoms with van der Waals surface area (Å²) in [7, 11) is 0. The molecule has 1 N–H and O–H groups in total. The van der Waals surface area contributed by atoms with Crippen molar-refractivity contribution in [2.75, 3.05) is 12.2 Å². The van der Waals surface area contributed by atoms with Gasteiger partial charge in [0.05, 0.1) is 33.0 Å². The Labute approximate surface area is 139 Å². The molecule has 9 heteroatoms. The number of thiazole rings is 1. The molecule has 0 saturated heterocycles. The van der Waals surface area contributed by atoms with Gasteiger partial charge in [-0.1, -0.05) is 23.5 Å². The Bertz CT molecular complexity index is 936. The quantitative estimate of drug-likeness (QED) is 0.443. The third-order valence-electron chi connectivity index (χ3n) is 3.38. The highest BCUT2D eigenvalue weighted by molar-refractivity contribution is 7.22. The van der Waals surface area contributed by atoms with E-state index < -0.39 is 4.92 Å². The summed E-state index contributed by atoms with van der Waals surface area (Å²) in [4.78, 5) is 15.1. The maximum Gasteiger partial charge on any atom is 0.282 e. The minimum Gasteiger partial charge on any atom is -0.454 e. The largest absolute Gasteiger partial charge is 0.454 e. The predicted octanol–water partition coefficient (Wildman–Crippen LogP) is 3.38. The van der Waals surface area contributed by atoms with Crippen molar-refractivity contribution in [2.45, 2.75) is 0 Å². The number of nitro groups is 1. The summed E-state index contributed by atoms with van der Waals surface area (Å²) in [6.07, 6.45) is 1.37. The molecule has 4 rings (SSSR count). The number of nitro benzene ring substituents is 1. The summed E-state index contributed by atoms with van der Waals surface area (Å²) in [6, 6.07) is 10.6. The number of aromatic nitrogens is 1. The van der Waals surface area contributed by atoms with Crippen LogP contribution in [0.15, 0.2) is 41.5 Å². The standard InChI is InChI=1S/C15H10N4O4S/c20-19(21)11-6-13-12(22-8-23-13)5-9(11)7-16-18-15-17-10-3-1-2-4-14(10)24-15/h1-7H,8H2,(H,17,18). The number of para-hydroxylation sites is 1. The van der Waals surface area contributed by atoms with E-state index in [1.807, 2.05) is 24.3 Å². The molecule has 0 saturated carbocycles. The Morgan fingerprint density at radius 1 is 1.29 bits per heavy atom. The zero-order chi connectivity index (χ0) is 16.5. The molecule has 1 aromatic heterocycles. The van der Waals surface area contributed by atoms with Crippen LogP contribution in [0.25, 0.3) is 10.2 Å². The van der Waals surface area contributed by atoms with E-state index in [0.717, 1.165) is 10.2 Å². The van der Waals surface area contributed by atoms with Crippen LogP contribution in [-0.4, -0.2) is 22.9 Å². The van der Waals surface area contributed by atoms with Gasteiger partial charge in [0, 0.05) is 0 Å². The number of hydrogen-bond acceptors (Lipinski definition) is 8. The smallest absolute Gasteiger partial charge is 0.282 e. The first-order chi connectivity index (χ1) is 11.7. The highest BCUT2D eigenvalue weighted by atomic mass is 32.1. The molecule has 0 amide bonds. The van der Waals surface area contributed by atoms with E-state index in [0.29, 0.717) is 22.2 Å². The molecule has 0 unspecified atom stereocenters. The summed E-state index contributed by atoms with van der Waals surface area (Å²) < 4.78 is 11.4. The Hall–Kier alpha value is -3.20. The molecule has 2 aromatic carbocycles. The number of ether oxygens (including phenoxy) is 2. The van der Waals surface area contributed by atoms with Crippen molar-refractivity contribution in [3.63, 3.8) is 0 Å². The van der Waals surface area contributed by atoms with Crippen molar-refractivity contribution in [2.24, 2.45) is 5.10 Å². The van der Waals surface area contributed by atoms with Gasteiger partial charge >= 0.3 is 0 Å². The Balaban J connectivity index is 1.60. The average molecular weight is 342 g/mol. The van der Waals surface area contributed by atoms with E-state index in [1.54, 1.807) is 0 Å². The normalized spacial score (nSPS) is 12.8. The van der Waals surface area contributed by atoms with E-state index in [4.69, 9.17) is 9.47 Å². The molecule has 0 bridgehead atoms. The highest BCUT2D eigenvalue weighted by Gasteiger charge is 2.22. The number of hydrogen-bond donors (Lipinski definition) is 1. The summed E-state index contributed by atoms with van der Waals surface area (Å²) in [5.74, 6) is 0.819. The van der Waals surface area contributed by atoms with Gasteiger partial charge in [0.2, 0.25) is 11.9 Å². The van der Waals surface area contributed by atoms with E-state index in [9.17, 15) is 10.1 Å². The van der Waals surface area contributed by atoms with Gasteiger partial charge in [0.1, 0.15) is 0 Å². The second kappa shape index (κ2) is 5.78. The third-order valence-corrected chi connectivity index (χ3v) is 4.32. The molecular weight excluding hydrogens is 332 g/mol. The molecular formula is C15H10N4O4S. The van der Waals surface area contributed by atoms with Gasteiger partial charge in [-0.05, 0) is 18.2 Å². The lowest BCUT2D eigenvalue weighted by atomic mass is 10.1. The molecule has 0 fully saturated rings. The number of hydrazone groups is 1. The number of fused-ring (bicyclic) bond motifs is 2. The molecule has 24 heavy (non-hydrogen) atoms. The Morgan fingerprint density at radius 3 is 2.88 bits per heavy atom. The van der Waals surface area contributed by atoms with Crippen LogP contribution in [0.4, 0.5) is 10.8 Å². The van der Waals surface area contributed by atoms with Crippen LogP contribution >= 0.6 is 11.3 Å². The molecule has 8 nitrogen and oxygen atoms in total. The second-order valence-electron chi connectivity index (χ2n) is 4.88. The van der Waals surface area contributed by atoms with Gasteiger partial charge < -0.3 is 9.47 Å². The van der Waals surface area contributed by atoms with Gasteiger partial charge in [-0.3, -0.25) is 15.5 Å². The molecule has 3 aromatic rings. The lowest BCUT2D eigenvalue weighted by Crippen LogP contribution is -1.96. The lowest BCUT2D eigenvalue weighted by Gasteiger charge is -2.00. The lowest BCUT2D eigenvalue weighted by molar-refractivity contribution is -0.385. The molecule has 0 aliphatic carbocycles. The van der Waals surface area contributed by atoms with Crippen LogP contribution in [0.3, 0.4) is 0 Å². The van der Waals surface area contributed by atoms with E-state index in [1.165, 1.54) is 29.7 Å². The molecule has 0 spiro atoms. The number of nitrogens with zero attached hydrogens (tertiary/aromatic N) is 3. The predicted molar refractivity (Wildman–Crippen MR) is 90.1 cm³/mol. The van der Waals surface area contributed by atoms with Crippen LogP contribution in [0, 0.1) is 10.1 Å². The SMILES string of the molecule is O=[N+]([O-])c1cc2c(cc1C=NNc1nc3ccccc3s1)OCO2. The number of anilines is 1. The average Bonchev–Trinajstić information content (AvgIpc) is 3.19. The fourth-order valence-corrected chi connectivity index (χ4v) is 3.10. The van der Waals surface area contributed by atoms with E-state index in [2.05, 4.69) is 15.5 Å². The van der Waals surface area contributed by atoms with Crippen LogP contribution in [-0.2, 0) is 0 Å². The van der Waals surface area contributed by atoms with Crippen LogP contribution in [0.2, 0.25) is 0 Å². The minimum absolute atomic E-state index is 0.0526. The third kappa shape index (κ3) is 2.61. The second-order valence-corrected chi connectivity index (χ2v) is 5.91. The first-order valence-corrected chi connectivity index (χ1v) is 7.75. The summed E-state index contributed by atoms with van der Waals surface area (Å²) in [5, 5.41) is 15.8. The molecule has 0 atom stereocenters. The van der Waals surface area contributed by atoms with E-state index >= 15 is 0 Å². The molecule has 120 valence electrons. The number of nitrogens with one attached hydrogen (secondary N) is 1. The molecule has 1 aliphatic rings. The Kier molecular flexibility index (Phi) is 3.47. The molecule has 0 radical (unpaired) electrons. The van der Waals surface area contributed by atoms with Crippen LogP contribution in [0.5, 0.6) is 11.5 Å². The highest BCUT2D eigenvalue weighted by Crippen LogP contribution is 2.37. The van der Waals surface area contributed by atoms with Crippen molar-refractivity contribution in [1.29, 1.82) is 0 Å². The maximum atomic E-state index is 11.2. The van der Waals surface area contributed by atoms with Crippen LogP contribution < -0.4 is 14.9 Å². The van der Waals surface area contributed by atoms with Gasteiger partial charge in [-0.25, -0.2) is 4.98 Å². The van der Waals surface area contributed by atoms with Gasteiger partial charge in [0.25, 0.3) is 5.69 Å². The number of rotatable bonds is 4. The zero-order valence-corrected chi connectivity index (χ0v) is 12.9. The van der Waals surface area contributed by atoms with E-state index in [-0.39, 0.29) is 12.5 Å². The van der Waals surface area contributed by atoms with Gasteiger partial charge in [-0.15, -0.1) is 0 Å². The van der Waals surface area contributed by atoms with Crippen LogP contribution in [0.1, 0.15) is 5.56 Å². The maximum absolute atomic E-state index is 11.2.